The van der Waals surface area contributed by atoms with Crippen molar-refractivity contribution in [1.82, 2.24) is 0 Å². The summed E-state index contributed by atoms with van der Waals surface area (Å²) in [5.74, 6) is -1.07. The quantitative estimate of drug-likeness (QED) is 0.195. The van der Waals surface area contributed by atoms with Crippen molar-refractivity contribution < 1.29 is 25.2 Å². The van der Waals surface area contributed by atoms with Crippen LogP contribution in [0.25, 0.3) is 0 Å². The fourth-order valence-electron chi connectivity index (χ4n) is 3.81. The standard InChI is InChI=1S/C22H31IO5S/c1-14-12-21(23)29-20(14)11-9-15(24)8-10-17-16(18(25)13-19(17)26)6-4-2-3-5-7-22(27)28/h2,4,8,10,12,15-19,24-26H,3,5-7,9,11,13H2,1H3,(H,27,28)/b4-2+,10-8+. The van der Waals surface area contributed by atoms with Gasteiger partial charge in [0.25, 0.3) is 0 Å². The lowest BCUT2D eigenvalue weighted by atomic mass is 9.89. The summed E-state index contributed by atoms with van der Waals surface area (Å²) < 4.78 is 1.25. The number of allylic oxidation sites excluding steroid dienone is 2. The van der Waals surface area contributed by atoms with E-state index in [2.05, 4.69) is 35.6 Å². The molecular formula is C22H31IO5S. The van der Waals surface area contributed by atoms with Gasteiger partial charge in [-0.25, -0.2) is 0 Å². The number of aliphatic hydroxyl groups excluding tert-OH is 3. The Hall–Kier alpha value is -0.740. The monoisotopic (exact) mass is 534 g/mol. The number of unbranched alkanes of at least 4 members (excludes halogenated alkanes) is 1. The highest BCUT2D eigenvalue weighted by Gasteiger charge is 2.39. The van der Waals surface area contributed by atoms with E-state index in [0.717, 1.165) is 6.42 Å². The van der Waals surface area contributed by atoms with E-state index in [4.69, 9.17) is 5.11 Å². The first-order chi connectivity index (χ1) is 13.8. The van der Waals surface area contributed by atoms with Gasteiger partial charge >= 0.3 is 5.97 Å². The van der Waals surface area contributed by atoms with Crippen LogP contribution in [-0.4, -0.2) is 44.7 Å². The molecule has 0 aliphatic heterocycles. The molecule has 0 bridgehead atoms. The Balaban J connectivity index is 1.84. The summed E-state index contributed by atoms with van der Waals surface area (Å²) in [5.41, 5.74) is 1.26. The number of carboxylic acid groups (broad SMARTS) is 1. The Kier molecular flexibility index (Phi) is 10.3. The molecule has 162 valence electrons. The average Bonchev–Trinajstić information content (AvgIpc) is 3.11. The minimum atomic E-state index is -0.791. The van der Waals surface area contributed by atoms with Crippen LogP contribution in [0.2, 0.25) is 0 Å². The van der Waals surface area contributed by atoms with E-state index in [9.17, 15) is 20.1 Å². The predicted octanol–water partition coefficient (Wildman–Crippen LogP) is 4.07. The lowest BCUT2D eigenvalue weighted by Crippen LogP contribution is -2.20. The molecule has 1 saturated carbocycles. The molecule has 1 aromatic rings. The fraction of sp³-hybridized carbons (Fsp3) is 0.591. The van der Waals surface area contributed by atoms with Crippen molar-refractivity contribution in [2.24, 2.45) is 11.8 Å². The number of carboxylic acids is 1. The molecule has 5 unspecified atom stereocenters. The van der Waals surface area contributed by atoms with E-state index < -0.39 is 24.3 Å². The normalized spacial score (nSPS) is 26.0. The minimum Gasteiger partial charge on any atom is -0.481 e. The minimum absolute atomic E-state index is 0.0923. The highest BCUT2D eigenvalue weighted by molar-refractivity contribution is 14.1. The third kappa shape index (κ3) is 8.13. The summed E-state index contributed by atoms with van der Waals surface area (Å²) in [6.07, 6.45) is 9.63. The molecule has 5 atom stereocenters. The van der Waals surface area contributed by atoms with Crippen molar-refractivity contribution in [1.29, 1.82) is 0 Å². The average molecular weight is 534 g/mol. The van der Waals surface area contributed by atoms with Crippen molar-refractivity contribution in [2.45, 2.75) is 70.2 Å². The Morgan fingerprint density at radius 1 is 1.34 bits per heavy atom. The summed E-state index contributed by atoms with van der Waals surface area (Å²) in [6.45, 7) is 2.09. The summed E-state index contributed by atoms with van der Waals surface area (Å²) in [7, 11) is 0. The number of aryl methyl sites for hydroxylation is 2. The van der Waals surface area contributed by atoms with Gasteiger partial charge in [0, 0.05) is 23.6 Å². The van der Waals surface area contributed by atoms with Crippen molar-refractivity contribution in [3.63, 3.8) is 0 Å². The topological polar surface area (TPSA) is 98.0 Å². The van der Waals surface area contributed by atoms with Gasteiger partial charge < -0.3 is 20.4 Å². The van der Waals surface area contributed by atoms with Gasteiger partial charge in [0.05, 0.1) is 21.2 Å². The first-order valence-corrected chi connectivity index (χ1v) is 12.0. The second kappa shape index (κ2) is 12.2. The number of hydrogen-bond acceptors (Lipinski definition) is 5. The van der Waals surface area contributed by atoms with Gasteiger partial charge in [0.2, 0.25) is 0 Å². The van der Waals surface area contributed by atoms with Gasteiger partial charge in [-0.1, -0.05) is 24.3 Å². The summed E-state index contributed by atoms with van der Waals surface area (Å²) >= 11 is 4.07. The van der Waals surface area contributed by atoms with Crippen LogP contribution in [-0.2, 0) is 11.2 Å². The third-order valence-electron chi connectivity index (χ3n) is 5.47. The maximum atomic E-state index is 10.5. The van der Waals surface area contributed by atoms with E-state index in [1.807, 2.05) is 18.2 Å². The smallest absolute Gasteiger partial charge is 0.303 e. The van der Waals surface area contributed by atoms with Crippen molar-refractivity contribution in [3.05, 3.63) is 43.7 Å². The molecule has 1 aromatic heterocycles. The molecule has 1 fully saturated rings. The zero-order valence-electron chi connectivity index (χ0n) is 16.7. The number of rotatable bonds is 11. The third-order valence-corrected chi connectivity index (χ3v) is 7.52. The molecule has 7 heteroatoms. The fourth-order valence-corrected chi connectivity index (χ4v) is 5.98. The molecular weight excluding hydrogens is 503 g/mol. The lowest BCUT2D eigenvalue weighted by Gasteiger charge is -2.19. The largest absolute Gasteiger partial charge is 0.481 e. The maximum Gasteiger partial charge on any atom is 0.303 e. The summed E-state index contributed by atoms with van der Waals surface area (Å²) in [5, 5.41) is 39.6. The van der Waals surface area contributed by atoms with Gasteiger partial charge in [-0.2, -0.15) is 0 Å². The van der Waals surface area contributed by atoms with Crippen LogP contribution < -0.4 is 0 Å². The number of hydrogen-bond donors (Lipinski definition) is 4. The zero-order chi connectivity index (χ0) is 21.4. The SMILES string of the molecule is Cc1cc(I)sc1CCC(O)/C=C/C1C(O)CC(O)C1C/C=C/CCCC(=O)O. The highest BCUT2D eigenvalue weighted by Crippen LogP contribution is 2.36. The van der Waals surface area contributed by atoms with Crippen LogP contribution in [0.3, 0.4) is 0 Å². The Morgan fingerprint density at radius 2 is 2.10 bits per heavy atom. The zero-order valence-corrected chi connectivity index (χ0v) is 19.7. The first-order valence-electron chi connectivity index (χ1n) is 10.1. The Bertz CT molecular complexity index is 714. The van der Waals surface area contributed by atoms with Gasteiger partial charge in [-0.05, 0) is 79.2 Å². The van der Waals surface area contributed by atoms with Crippen LogP contribution >= 0.6 is 33.9 Å². The number of halogens is 1. The maximum absolute atomic E-state index is 10.5. The Morgan fingerprint density at radius 3 is 2.76 bits per heavy atom. The van der Waals surface area contributed by atoms with Crippen LogP contribution in [0.5, 0.6) is 0 Å². The molecule has 5 nitrogen and oxygen atoms in total. The number of aliphatic carboxylic acids is 1. The number of thiophene rings is 1. The summed E-state index contributed by atoms with van der Waals surface area (Å²) in [6, 6.07) is 2.15. The first kappa shape index (κ1) is 24.5. The number of aliphatic hydroxyl groups is 3. The van der Waals surface area contributed by atoms with E-state index in [0.29, 0.717) is 32.1 Å². The molecule has 29 heavy (non-hydrogen) atoms. The molecule has 0 saturated heterocycles. The van der Waals surface area contributed by atoms with Crippen molar-refractivity contribution in [2.75, 3.05) is 0 Å². The molecule has 1 aliphatic carbocycles. The van der Waals surface area contributed by atoms with Crippen molar-refractivity contribution >= 4 is 39.9 Å². The lowest BCUT2D eigenvalue weighted by molar-refractivity contribution is -0.137. The molecule has 0 amide bonds. The van der Waals surface area contributed by atoms with E-state index in [1.165, 1.54) is 13.3 Å². The molecule has 1 aliphatic rings. The highest BCUT2D eigenvalue weighted by atomic mass is 127. The van der Waals surface area contributed by atoms with Gasteiger partial charge in [-0.3, -0.25) is 4.79 Å². The molecule has 2 rings (SSSR count). The van der Waals surface area contributed by atoms with E-state index in [-0.39, 0.29) is 18.3 Å². The second-order valence-corrected chi connectivity index (χ2v) is 10.8. The summed E-state index contributed by atoms with van der Waals surface area (Å²) in [4.78, 5) is 11.8. The van der Waals surface area contributed by atoms with E-state index >= 15 is 0 Å². The van der Waals surface area contributed by atoms with Crippen LogP contribution in [0.1, 0.15) is 49.0 Å². The van der Waals surface area contributed by atoms with Crippen LogP contribution in [0.15, 0.2) is 30.4 Å². The van der Waals surface area contributed by atoms with Crippen molar-refractivity contribution in [3.8, 4) is 0 Å². The van der Waals surface area contributed by atoms with Gasteiger partial charge in [0.1, 0.15) is 0 Å². The van der Waals surface area contributed by atoms with Gasteiger partial charge in [-0.15, -0.1) is 11.3 Å². The predicted molar refractivity (Wildman–Crippen MR) is 124 cm³/mol. The van der Waals surface area contributed by atoms with Crippen LogP contribution in [0, 0.1) is 21.6 Å². The molecule has 1 heterocycles. The Labute approximate surface area is 190 Å². The molecule has 0 spiro atoms. The molecule has 0 aromatic carbocycles. The molecule has 0 radical (unpaired) electrons. The number of carbonyl (C=O) groups is 1. The molecule has 4 N–H and O–H groups in total. The second-order valence-electron chi connectivity index (χ2n) is 7.75. The van der Waals surface area contributed by atoms with E-state index in [1.54, 1.807) is 17.4 Å². The van der Waals surface area contributed by atoms with Crippen LogP contribution in [0.4, 0.5) is 0 Å². The van der Waals surface area contributed by atoms with Gasteiger partial charge in [0.15, 0.2) is 0 Å².